The number of hydrogen-bond acceptors (Lipinski definition) is 5. The van der Waals surface area contributed by atoms with Crippen molar-refractivity contribution in [3.63, 3.8) is 0 Å². The summed E-state index contributed by atoms with van der Waals surface area (Å²) in [7, 11) is 0. The highest BCUT2D eigenvalue weighted by molar-refractivity contribution is 7.22. The highest BCUT2D eigenvalue weighted by atomic mass is 32.1. The summed E-state index contributed by atoms with van der Waals surface area (Å²) in [4.78, 5) is 21.6. The fourth-order valence-electron chi connectivity index (χ4n) is 3.35. The summed E-state index contributed by atoms with van der Waals surface area (Å²) in [6, 6.07) is 16.4. The lowest BCUT2D eigenvalue weighted by Crippen LogP contribution is -2.49. The molecule has 0 radical (unpaired) electrons. The number of piperazine rings is 1. The first-order chi connectivity index (χ1) is 13.2. The normalized spacial score (nSPS) is 15.2. The lowest BCUT2D eigenvalue weighted by molar-refractivity contribution is -0.122. The van der Waals surface area contributed by atoms with Gasteiger partial charge in [0, 0.05) is 32.7 Å². The van der Waals surface area contributed by atoms with Crippen LogP contribution in [0, 0.1) is 6.92 Å². The van der Waals surface area contributed by atoms with E-state index in [4.69, 9.17) is 4.98 Å². The van der Waals surface area contributed by atoms with E-state index in [-0.39, 0.29) is 5.91 Å². The number of aryl methyl sites for hydroxylation is 1. The van der Waals surface area contributed by atoms with Crippen LogP contribution in [0.1, 0.15) is 11.1 Å². The Bertz CT molecular complexity index is 898. The number of hydrogen-bond donors (Lipinski definition) is 1. The summed E-state index contributed by atoms with van der Waals surface area (Å²) in [5.41, 5.74) is 3.45. The molecular formula is C21H24N4OS. The number of fused-ring (bicyclic) bond motifs is 1. The molecule has 3 aromatic rings. The zero-order chi connectivity index (χ0) is 18.6. The quantitative estimate of drug-likeness (QED) is 0.739. The molecule has 0 saturated carbocycles. The molecule has 1 aromatic heterocycles. The summed E-state index contributed by atoms with van der Waals surface area (Å²) >= 11 is 1.74. The van der Waals surface area contributed by atoms with Gasteiger partial charge >= 0.3 is 0 Å². The van der Waals surface area contributed by atoms with Crippen molar-refractivity contribution in [1.82, 2.24) is 15.2 Å². The van der Waals surface area contributed by atoms with Crippen LogP contribution in [-0.2, 0) is 11.3 Å². The van der Waals surface area contributed by atoms with Crippen molar-refractivity contribution < 1.29 is 4.79 Å². The molecule has 27 heavy (non-hydrogen) atoms. The van der Waals surface area contributed by atoms with Crippen molar-refractivity contribution in [3.05, 3.63) is 59.7 Å². The van der Waals surface area contributed by atoms with E-state index in [0.717, 1.165) is 36.8 Å². The van der Waals surface area contributed by atoms with Crippen molar-refractivity contribution in [3.8, 4) is 0 Å². The van der Waals surface area contributed by atoms with Crippen LogP contribution >= 0.6 is 11.3 Å². The van der Waals surface area contributed by atoms with Gasteiger partial charge in [-0.1, -0.05) is 47.7 Å². The molecule has 4 rings (SSSR count). The van der Waals surface area contributed by atoms with E-state index in [2.05, 4.69) is 52.4 Å². The van der Waals surface area contributed by atoms with Crippen LogP contribution in [0.15, 0.2) is 48.5 Å². The number of carbonyl (C=O) groups excluding carboxylic acids is 1. The first kappa shape index (κ1) is 17.9. The molecule has 1 N–H and O–H groups in total. The molecule has 1 fully saturated rings. The molecule has 1 saturated heterocycles. The average Bonchev–Trinajstić information content (AvgIpc) is 3.12. The maximum atomic E-state index is 12.3. The van der Waals surface area contributed by atoms with Crippen molar-refractivity contribution >= 4 is 32.6 Å². The predicted octanol–water partition coefficient (Wildman–Crippen LogP) is 3.04. The Morgan fingerprint density at radius 2 is 1.81 bits per heavy atom. The Kier molecular flexibility index (Phi) is 5.36. The number of nitrogens with zero attached hydrogens (tertiary/aromatic N) is 3. The monoisotopic (exact) mass is 380 g/mol. The van der Waals surface area contributed by atoms with E-state index in [1.54, 1.807) is 11.3 Å². The summed E-state index contributed by atoms with van der Waals surface area (Å²) < 4.78 is 1.23. The molecule has 1 aliphatic rings. The average molecular weight is 381 g/mol. The Balaban J connectivity index is 1.26. The minimum absolute atomic E-state index is 0.0895. The van der Waals surface area contributed by atoms with Crippen LogP contribution < -0.4 is 10.2 Å². The highest BCUT2D eigenvalue weighted by Crippen LogP contribution is 2.29. The Hall–Kier alpha value is -2.44. The van der Waals surface area contributed by atoms with Gasteiger partial charge in [0.1, 0.15) is 0 Å². The number of amides is 1. The minimum atomic E-state index is 0.0895. The molecule has 0 bridgehead atoms. The van der Waals surface area contributed by atoms with Gasteiger partial charge in [-0.25, -0.2) is 4.98 Å². The third kappa shape index (κ3) is 4.28. The summed E-state index contributed by atoms with van der Waals surface area (Å²) in [6.07, 6.45) is 0. The third-order valence-corrected chi connectivity index (χ3v) is 6.13. The van der Waals surface area contributed by atoms with Crippen molar-refractivity contribution in [2.45, 2.75) is 13.5 Å². The van der Waals surface area contributed by atoms with Gasteiger partial charge in [-0.3, -0.25) is 9.69 Å². The molecule has 0 aliphatic carbocycles. The molecule has 0 atom stereocenters. The van der Waals surface area contributed by atoms with Crippen molar-refractivity contribution in [2.24, 2.45) is 0 Å². The summed E-state index contributed by atoms with van der Waals surface area (Å²) in [5, 5.41) is 4.13. The van der Waals surface area contributed by atoms with Gasteiger partial charge in [0.15, 0.2) is 5.13 Å². The highest BCUT2D eigenvalue weighted by Gasteiger charge is 2.21. The van der Waals surface area contributed by atoms with Gasteiger partial charge in [0.2, 0.25) is 5.91 Å². The Morgan fingerprint density at radius 1 is 1.07 bits per heavy atom. The molecule has 1 aliphatic heterocycles. The maximum Gasteiger partial charge on any atom is 0.234 e. The zero-order valence-electron chi connectivity index (χ0n) is 15.5. The number of benzene rings is 2. The Labute approximate surface area is 163 Å². The lowest BCUT2D eigenvalue weighted by atomic mass is 10.1. The first-order valence-corrected chi connectivity index (χ1v) is 10.1. The van der Waals surface area contributed by atoms with E-state index >= 15 is 0 Å². The molecule has 0 spiro atoms. The van der Waals surface area contributed by atoms with E-state index in [1.807, 2.05) is 18.2 Å². The minimum Gasteiger partial charge on any atom is -0.351 e. The van der Waals surface area contributed by atoms with Crippen LogP contribution in [0.3, 0.4) is 0 Å². The molecule has 2 aromatic carbocycles. The van der Waals surface area contributed by atoms with Gasteiger partial charge in [-0.05, 0) is 30.2 Å². The van der Waals surface area contributed by atoms with Crippen LogP contribution in [0.25, 0.3) is 10.2 Å². The number of carbonyl (C=O) groups is 1. The van der Waals surface area contributed by atoms with Crippen LogP contribution in [0.5, 0.6) is 0 Å². The molecule has 2 heterocycles. The van der Waals surface area contributed by atoms with Crippen molar-refractivity contribution in [2.75, 3.05) is 37.6 Å². The molecule has 1 amide bonds. The topological polar surface area (TPSA) is 48.5 Å². The molecule has 5 nitrogen and oxygen atoms in total. The number of anilines is 1. The van der Waals surface area contributed by atoms with Gasteiger partial charge in [0.05, 0.1) is 16.8 Å². The van der Waals surface area contributed by atoms with E-state index in [9.17, 15) is 4.79 Å². The number of para-hydroxylation sites is 1. The second-order valence-electron chi connectivity index (χ2n) is 6.93. The standard InChI is InChI=1S/C21H24N4OS/c1-16-6-2-3-7-17(16)14-22-20(26)15-24-10-12-25(13-11-24)21-23-18-8-4-5-9-19(18)27-21/h2-9H,10-15H2,1H3,(H,22,26). The summed E-state index contributed by atoms with van der Waals surface area (Å²) in [6.45, 7) is 6.71. The van der Waals surface area contributed by atoms with Gasteiger partial charge in [-0.2, -0.15) is 0 Å². The maximum absolute atomic E-state index is 12.3. The number of thiazole rings is 1. The number of aromatic nitrogens is 1. The smallest absolute Gasteiger partial charge is 0.234 e. The van der Waals surface area contributed by atoms with Gasteiger partial charge < -0.3 is 10.2 Å². The van der Waals surface area contributed by atoms with Crippen LogP contribution in [-0.4, -0.2) is 48.5 Å². The number of nitrogens with one attached hydrogen (secondary N) is 1. The van der Waals surface area contributed by atoms with Gasteiger partial charge in [0.25, 0.3) is 0 Å². The second kappa shape index (κ2) is 8.06. The van der Waals surface area contributed by atoms with E-state index in [1.165, 1.54) is 15.8 Å². The molecule has 140 valence electrons. The molecular weight excluding hydrogens is 356 g/mol. The first-order valence-electron chi connectivity index (χ1n) is 9.33. The van der Waals surface area contributed by atoms with Gasteiger partial charge in [-0.15, -0.1) is 0 Å². The molecule has 6 heteroatoms. The Morgan fingerprint density at radius 3 is 2.59 bits per heavy atom. The SMILES string of the molecule is Cc1ccccc1CNC(=O)CN1CCN(c2nc3ccccc3s2)CC1. The fourth-order valence-corrected chi connectivity index (χ4v) is 4.37. The van der Waals surface area contributed by atoms with Crippen LogP contribution in [0.2, 0.25) is 0 Å². The van der Waals surface area contributed by atoms with E-state index in [0.29, 0.717) is 13.1 Å². The predicted molar refractivity (Wildman–Crippen MR) is 111 cm³/mol. The number of rotatable bonds is 5. The largest absolute Gasteiger partial charge is 0.351 e. The third-order valence-electron chi connectivity index (χ3n) is 5.03. The second-order valence-corrected chi connectivity index (χ2v) is 7.94. The van der Waals surface area contributed by atoms with Crippen molar-refractivity contribution in [1.29, 1.82) is 0 Å². The summed E-state index contributed by atoms with van der Waals surface area (Å²) in [5.74, 6) is 0.0895. The van der Waals surface area contributed by atoms with Crippen LogP contribution in [0.4, 0.5) is 5.13 Å². The lowest BCUT2D eigenvalue weighted by Gasteiger charge is -2.34. The fraction of sp³-hybridized carbons (Fsp3) is 0.333. The zero-order valence-corrected chi connectivity index (χ0v) is 16.3. The molecule has 0 unspecified atom stereocenters. The van der Waals surface area contributed by atoms with E-state index < -0.39 is 0 Å².